The summed E-state index contributed by atoms with van der Waals surface area (Å²) < 4.78 is 0. The van der Waals surface area contributed by atoms with Gasteiger partial charge in [-0.25, -0.2) is 0 Å². The van der Waals surface area contributed by atoms with E-state index >= 15 is 0 Å². The SMILES string of the molecule is O=C(O)C[PH](c1ccccc1)(c1ccccc1)c1ccccc1.O=C(O)C[PH](c1ccccc1)(c1ccccc1)c1ccccc1.[Pd]. The fraction of sp³-hybridized carbons (Fsp3) is 0.0500. The normalized spacial score (nSPS) is 11.6. The molecule has 0 fully saturated rings. The summed E-state index contributed by atoms with van der Waals surface area (Å²) in [6.07, 6.45) is 0.288. The summed E-state index contributed by atoms with van der Waals surface area (Å²) in [5, 5.41) is 26.1. The minimum atomic E-state index is -2.59. The van der Waals surface area contributed by atoms with Crippen LogP contribution in [-0.2, 0) is 30.0 Å². The van der Waals surface area contributed by atoms with Crippen LogP contribution in [0, 0.1) is 0 Å². The maximum atomic E-state index is 11.8. The molecule has 6 aromatic carbocycles. The molecule has 0 amide bonds. The third kappa shape index (κ3) is 8.20. The Hall–Kier alpha value is -4.22. The van der Waals surface area contributed by atoms with Crippen LogP contribution in [0.2, 0.25) is 0 Å². The van der Waals surface area contributed by atoms with Crippen molar-refractivity contribution in [2.24, 2.45) is 0 Å². The summed E-state index contributed by atoms with van der Waals surface area (Å²) in [5.41, 5.74) is 0. The smallest absolute Gasteiger partial charge is 0 e. The summed E-state index contributed by atoms with van der Waals surface area (Å²) in [5.74, 6) is -1.51. The van der Waals surface area contributed by atoms with Crippen LogP contribution in [0.4, 0.5) is 0 Å². The van der Waals surface area contributed by atoms with Crippen molar-refractivity contribution in [1.82, 2.24) is 0 Å². The van der Waals surface area contributed by atoms with E-state index in [9.17, 15) is 19.8 Å². The topological polar surface area (TPSA) is 74.6 Å². The molecule has 0 bridgehead atoms. The molecule has 6 rings (SSSR count). The second-order valence-corrected chi connectivity index (χ2v) is 18.9. The largest absolute Gasteiger partial charge is 0 e. The molecule has 242 valence electrons. The Balaban J connectivity index is 0.000000208. The van der Waals surface area contributed by atoms with Crippen molar-refractivity contribution in [3.8, 4) is 0 Å². The number of hydrogen-bond donors (Lipinski definition) is 2. The van der Waals surface area contributed by atoms with Crippen LogP contribution in [0.1, 0.15) is 0 Å². The van der Waals surface area contributed by atoms with Crippen LogP contribution in [0.5, 0.6) is 0 Å². The van der Waals surface area contributed by atoms with E-state index in [2.05, 4.69) is 72.8 Å². The zero-order valence-corrected chi connectivity index (χ0v) is 29.3. The van der Waals surface area contributed by atoms with E-state index in [1.165, 1.54) is 0 Å². The van der Waals surface area contributed by atoms with Crippen molar-refractivity contribution < 1.29 is 40.2 Å². The summed E-state index contributed by atoms with van der Waals surface area (Å²) in [7, 11) is -5.17. The number of hydrogen-bond acceptors (Lipinski definition) is 2. The first-order valence-corrected chi connectivity index (χ1v) is 19.6. The Morgan fingerprint density at radius 2 is 0.489 bits per heavy atom. The number of carbonyl (C=O) groups is 2. The second-order valence-electron chi connectivity index (χ2n) is 11.1. The number of carboxylic acid groups (broad SMARTS) is 2. The van der Waals surface area contributed by atoms with Crippen molar-refractivity contribution >= 4 is 58.3 Å². The van der Waals surface area contributed by atoms with Gasteiger partial charge in [0.1, 0.15) is 0 Å². The maximum absolute atomic E-state index is 11.8. The van der Waals surface area contributed by atoms with Crippen LogP contribution in [0.25, 0.3) is 0 Å². The fourth-order valence-corrected chi connectivity index (χ4v) is 15.1. The van der Waals surface area contributed by atoms with Crippen molar-refractivity contribution in [2.75, 3.05) is 12.3 Å². The molecule has 0 aliphatic heterocycles. The average molecular weight is 751 g/mol. The standard InChI is InChI=1S/2C20H19O2P.Pd/c2*21-20(22)16-23(17-10-4-1-5-11-17,18-12-6-2-7-13-18)19-14-8-3-9-15-19;/h2*1-15,23H,16H2,(H,21,22);. The molecule has 6 aromatic rings. The average Bonchev–Trinajstić information content (AvgIpc) is 3.12. The van der Waals surface area contributed by atoms with E-state index in [0.29, 0.717) is 0 Å². The Kier molecular flexibility index (Phi) is 13.0. The predicted octanol–water partition coefficient (Wildman–Crippen LogP) is 5.59. The van der Waals surface area contributed by atoms with E-state index in [1.54, 1.807) is 0 Å². The van der Waals surface area contributed by atoms with Gasteiger partial charge in [-0.2, -0.15) is 0 Å². The number of aliphatic carboxylic acids is 2. The minimum Gasteiger partial charge on any atom is 0 e. The van der Waals surface area contributed by atoms with Crippen molar-refractivity contribution in [2.45, 2.75) is 0 Å². The maximum Gasteiger partial charge on any atom is 0 e. The van der Waals surface area contributed by atoms with Gasteiger partial charge in [0, 0.05) is 20.4 Å². The predicted molar refractivity (Wildman–Crippen MR) is 198 cm³/mol. The van der Waals surface area contributed by atoms with Gasteiger partial charge < -0.3 is 0 Å². The third-order valence-corrected chi connectivity index (χ3v) is 18.0. The van der Waals surface area contributed by atoms with Crippen molar-refractivity contribution in [3.63, 3.8) is 0 Å². The third-order valence-electron chi connectivity index (χ3n) is 8.43. The van der Waals surface area contributed by atoms with Crippen LogP contribution >= 0.6 is 14.5 Å². The Bertz CT molecular complexity index is 1490. The first-order chi connectivity index (χ1) is 22.5. The number of benzene rings is 6. The van der Waals surface area contributed by atoms with Gasteiger partial charge >= 0.3 is 272 Å². The molecule has 7 heteroatoms. The van der Waals surface area contributed by atoms with Gasteiger partial charge in [-0.3, -0.25) is 0 Å². The summed E-state index contributed by atoms with van der Waals surface area (Å²) >= 11 is 0. The molecule has 4 nitrogen and oxygen atoms in total. The van der Waals surface area contributed by atoms with Crippen LogP contribution in [0.3, 0.4) is 0 Å². The zero-order chi connectivity index (χ0) is 32.2. The van der Waals surface area contributed by atoms with Gasteiger partial charge in [0.25, 0.3) is 0 Å². The molecule has 0 unspecified atom stereocenters. The van der Waals surface area contributed by atoms with E-state index < -0.39 is 26.5 Å². The monoisotopic (exact) mass is 750 g/mol. The fourth-order valence-electron chi connectivity index (χ4n) is 6.40. The van der Waals surface area contributed by atoms with Gasteiger partial charge in [0.2, 0.25) is 0 Å². The zero-order valence-electron chi connectivity index (χ0n) is 25.8. The number of carboxylic acids is 2. The van der Waals surface area contributed by atoms with Gasteiger partial charge in [0.05, 0.1) is 0 Å². The summed E-state index contributed by atoms with van der Waals surface area (Å²) in [6, 6.07) is 60.5. The van der Waals surface area contributed by atoms with E-state index in [0.717, 1.165) is 31.8 Å². The quantitative estimate of drug-likeness (QED) is 0.142. The van der Waals surface area contributed by atoms with E-state index in [1.807, 2.05) is 109 Å². The summed E-state index contributed by atoms with van der Waals surface area (Å²) in [4.78, 5) is 23.5. The van der Waals surface area contributed by atoms with Crippen LogP contribution < -0.4 is 31.8 Å². The van der Waals surface area contributed by atoms with Gasteiger partial charge in [-0.15, -0.1) is 0 Å². The minimum absolute atomic E-state index is 0. The van der Waals surface area contributed by atoms with Gasteiger partial charge in [0.15, 0.2) is 0 Å². The molecule has 0 saturated carbocycles. The molecule has 0 saturated heterocycles. The molecule has 0 spiro atoms. The Labute approximate surface area is 291 Å². The first kappa shape index (κ1) is 35.6. The summed E-state index contributed by atoms with van der Waals surface area (Å²) in [6.45, 7) is 0. The van der Waals surface area contributed by atoms with Crippen LogP contribution in [-0.4, -0.2) is 34.5 Å². The van der Waals surface area contributed by atoms with Gasteiger partial charge in [-0.05, 0) is 0 Å². The molecule has 47 heavy (non-hydrogen) atoms. The van der Waals surface area contributed by atoms with Crippen molar-refractivity contribution in [1.29, 1.82) is 0 Å². The Morgan fingerprint density at radius 1 is 0.340 bits per heavy atom. The molecule has 0 aromatic heterocycles. The molecular weight excluding hydrogens is 713 g/mol. The van der Waals surface area contributed by atoms with Gasteiger partial charge in [-0.1, -0.05) is 0 Å². The number of rotatable bonds is 10. The van der Waals surface area contributed by atoms with Crippen molar-refractivity contribution in [3.05, 3.63) is 182 Å². The molecule has 0 aliphatic rings. The van der Waals surface area contributed by atoms with E-state index in [4.69, 9.17) is 0 Å². The molecule has 2 N–H and O–H groups in total. The molecular formula is C40H38O4P2Pd. The molecule has 0 atom stereocenters. The first-order valence-electron chi connectivity index (χ1n) is 15.2. The van der Waals surface area contributed by atoms with Crippen LogP contribution in [0.15, 0.2) is 182 Å². The second kappa shape index (κ2) is 17.1. The molecule has 0 aliphatic carbocycles. The molecule has 0 radical (unpaired) electrons. The van der Waals surface area contributed by atoms with E-state index in [-0.39, 0.29) is 32.7 Å². The molecule has 0 heterocycles. The Morgan fingerprint density at radius 3 is 0.617 bits per heavy atom.